The first kappa shape index (κ1) is 19.0. The van der Waals surface area contributed by atoms with Crippen molar-refractivity contribution >= 4 is 35.3 Å². The van der Waals surface area contributed by atoms with Gasteiger partial charge in [0.15, 0.2) is 0 Å². The molecule has 0 radical (unpaired) electrons. The summed E-state index contributed by atoms with van der Waals surface area (Å²) in [7, 11) is 0. The predicted molar refractivity (Wildman–Crippen MR) is 114 cm³/mol. The van der Waals surface area contributed by atoms with Crippen LogP contribution in [0.1, 0.15) is 32.4 Å². The second kappa shape index (κ2) is 8.33. The van der Waals surface area contributed by atoms with Gasteiger partial charge in [-0.25, -0.2) is 0 Å². The number of thiophene rings is 1. The van der Waals surface area contributed by atoms with E-state index in [9.17, 15) is 10.1 Å². The molecule has 0 aliphatic carbocycles. The van der Waals surface area contributed by atoms with Crippen LogP contribution in [0.3, 0.4) is 0 Å². The lowest BCUT2D eigenvalue weighted by Crippen LogP contribution is -2.48. The molecule has 7 heteroatoms. The third-order valence-corrected chi connectivity index (χ3v) is 5.62. The molecule has 4 rings (SSSR count). The van der Waals surface area contributed by atoms with Crippen molar-refractivity contribution in [3.63, 3.8) is 0 Å². The Bertz CT molecular complexity index is 1070. The number of hydrogen-bond donors (Lipinski definition) is 0. The summed E-state index contributed by atoms with van der Waals surface area (Å²) < 4.78 is 5.85. The van der Waals surface area contributed by atoms with Gasteiger partial charge in [-0.1, -0.05) is 23.8 Å². The number of benzene rings is 1. The number of rotatable bonds is 4. The van der Waals surface area contributed by atoms with Crippen molar-refractivity contribution < 1.29 is 9.21 Å². The second-order valence-corrected chi connectivity index (χ2v) is 7.79. The fourth-order valence-corrected chi connectivity index (χ4v) is 3.92. The van der Waals surface area contributed by atoms with E-state index in [1.54, 1.807) is 17.4 Å². The van der Waals surface area contributed by atoms with Gasteiger partial charge in [-0.2, -0.15) is 10.2 Å². The van der Waals surface area contributed by atoms with Gasteiger partial charge in [-0.05, 0) is 36.6 Å². The Kier molecular flexibility index (Phi) is 5.45. The average molecular weight is 404 g/mol. The van der Waals surface area contributed by atoms with E-state index in [0.717, 1.165) is 10.4 Å². The molecular formula is C22H20N4O2S. The van der Waals surface area contributed by atoms with Gasteiger partial charge < -0.3 is 14.2 Å². The largest absolute Gasteiger partial charge is 0.420 e. The number of nitrogens with zero attached hydrogens (tertiary/aromatic N) is 4. The maximum atomic E-state index is 12.7. The molecule has 0 bridgehead atoms. The summed E-state index contributed by atoms with van der Waals surface area (Å²) in [6, 6.07) is 13.7. The minimum absolute atomic E-state index is 0.0333. The molecule has 0 saturated carbocycles. The van der Waals surface area contributed by atoms with Crippen LogP contribution in [-0.2, 0) is 0 Å². The molecule has 1 saturated heterocycles. The second-order valence-electron chi connectivity index (χ2n) is 6.82. The highest BCUT2D eigenvalue weighted by Crippen LogP contribution is 2.25. The number of amides is 1. The smallest absolute Gasteiger partial charge is 0.253 e. The number of hydrogen-bond acceptors (Lipinski definition) is 6. The molecule has 1 amide bonds. The van der Waals surface area contributed by atoms with Gasteiger partial charge in [0.2, 0.25) is 17.5 Å². The monoisotopic (exact) mass is 404 g/mol. The van der Waals surface area contributed by atoms with Crippen molar-refractivity contribution in [1.29, 1.82) is 5.26 Å². The Morgan fingerprint density at radius 3 is 2.72 bits per heavy atom. The number of piperazine rings is 1. The van der Waals surface area contributed by atoms with Crippen molar-refractivity contribution in [2.75, 3.05) is 31.1 Å². The molecule has 3 aromatic rings. The fourth-order valence-electron chi connectivity index (χ4n) is 3.30. The first-order valence-corrected chi connectivity index (χ1v) is 10.3. The lowest BCUT2D eigenvalue weighted by molar-refractivity contribution is 0.0745. The van der Waals surface area contributed by atoms with Crippen LogP contribution in [0.2, 0.25) is 0 Å². The Labute approximate surface area is 173 Å². The van der Waals surface area contributed by atoms with Crippen molar-refractivity contribution in [2.45, 2.75) is 6.92 Å². The first-order chi connectivity index (χ1) is 14.1. The standard InChI is InChI=1S/C22H20N4O2S/c1-16-4-2-5-17(14-16)21(27)25-9-11-26(12-10-25)22-19(15-23)24-20(28-22)8-7-18-6-3-13-29-18/h2-8,13-14H,9-12H2,1H3. The molecule has 3 heterocycles. The molecule has 0 atom stereocenters. The number of aryl methyl sites for hydroxylation is 1. The van der Waals surface area contributed by atoms with Crippen LogP contribution in [0.15, 0.2) is 46.2 Å². The maximum Gasteiger partial charge on any atom is 0.253 e. The molecule has 2 aromatic heterocycles. The minimum Gasteiger partial charge on any atom is -0.420 e. The van der Waals surface area contributed by atoms with Crippen molar-refractivity contribution in [3.05, 3.63) is 69.4 Å². The molecule has 6 nitrogen and oxygen atoms in total. The van der Waals surface area contributed by atoms with Crippen LogP contribution < -0.4 is 4.90 Å². The van der Waals surface area contributed by atoms with Crippen LogP contribution >= 0.6 is 11.3 Å². The predicted octanol–water partition coefficient (Wildman–Crippen LogP) is 4.05. The van der Waals surface area contributed by atoms with E-state index in [4.69, 9.17) is 4.42 Å². The van der Waals surface area contributed by atoms with E-state index < -0.39 is 0 Å². The Morgan fingerprint density at radius 1 is 1.21 bits per heavy atom. The zero-order valence-corrected chi connectivity index (χ0v) is 16.9. The van der Waals surface area contributed by atoms with E-state index >= 15 is 0 Å². The summed E-state index contributed by atoms with van der Waals surface area (Å²) in [6.45, 7) is 4.30. The van der Waals surface area contributed by atoms with Gasteiger partial charge in [0.1, 0.15) is 6.07 Å². The topological polar surface area (TPSA) is 73.4 Å². The van der Waals surface area contributed by atoms with E-state index in [-0.39, 0.29) is 11.6 Å². The zero-order chi connectivity index (χ0) is 20.2. The lowest BCUT2D eigenvalue weighted by Gasteiger charge is -2.34. The zero-order valence-electron chi connectivity index (χ0n) is 16.0. The molecule has 1 aromatic carbocycles. The fraction of sp³-hybridized carbons (Fsp3) is 0.227. The SMILES string of the molecule is Cc1cccc(C(=O)N2CCN(c3oc(C=Cc4cccs4)nc3C#N)CC2)c1. The molecule has 1 aliphatic rings. The van der Waals surface area contributed by atoms with Crippen LogP contribution in [0.4, 0.5) is 5.88 Å². The quantitative estimate of drug-likeness (QED) is 0.656. The van der Waals surface area contributed by atoms with Crippen molar-refractivity contribution in [3.8, 4) is 6.07 Å². The number of oxazole rings is 1. The average Bonchev–Trinajstić information content (AvgIpc) is 3.41. The minimum atomic E-state index is 0.0333. The highest BCUT2D eigenvalue weighted by Gasteiger charge is 2.26. The van der Waals surface area contributed by atoms with Crippen molar-refractivity contribution in [1.82, 2.24) is 9.88 Å². The molecule has 29 heavy (non-hydrogen) atoms. The number of carbonyl (C=O) groups is 1. The van der Waals surface area contributed by atoms with E-state index in [2.05, 4.69) is 11.1 Å². The van der Waals surface area contributed by atoms with Crippen molar-refractivity contribution in [2.24, 2.45) is 0 Å². The molecular weight excluding hydrogens is 384 g/mol. The van der Waals surface area contributed by atoms with Gasteiger partial charge >= 0.3 is 0 Å². The summed E-state index contributed by atoms with van der Waals surface area (Å²) in [5.74, 6) is 0.912. The number of nitriles is 1. The lowest BCUT2D eigenvalue weighted by atomic mass is 10.1. The van der Waals surface area contributed by atoms with Crippen LogP contribution in [0.25, 0.3) is 12.2 Å². The van der Waals surface area contributed by atoms with Gasteiger partial charge in [-0.15, -0.1) is 11.3 Å². The molecule has 0 unspecified atom stereocenters. The molecule has 1 fully saturated rings. The van der Waals surface area contributed by atoms with Crippen LogP contribution in [0.5, 0.6) is 0 Å². The van der Waals surface area contributed by atoms with Crippen LogP contribution in [0, 0.1) is 18.3 Å². The Balaban J connectivity index is 1.44. The van der Waals surface area contributed by atoms with E-state index in [1.165, 1.54) is 0 Å². The number of carbonyl (C=O) groups excluding carboxylic acids is 1. The number of aromatic nitrogens is 1. The third-order valence-electron chi connectivity index (χ3n) is 4.78. The Hall–Kier alpha value is -3.37. The van der Waals surface area contributed by atoms with Gasteiger partial charge in [0.25, 0.3) is 5.91 Å². The summed E-state index contributed by atoms with van der Waals surface area (Å²) in [5.41, 5.74) is 2.05. The summed E-state index contributed by atoms with van der Waals surface area (Å²) >= 11 is 1.62. The molecule has 0 spiro atoms. The van der Waals surface area contributed by atoms with Gasteiger partial charge in [0, 0.05) is 42.7 Å². The highest BCUT2D eigenvalue weighted by atomic mass is 32.1. The summed E-state index contributed by atoms with van der Waals surface area (Å²) in [4.78, 5) is 21.9. The summed E-state index contributed by atoms with van der Waals surface area (Å²) in [6.07, 6.45) is 3.69. The first-order valence-electron chi connectivity index (χ1n) is 9.37. The van der Waals surface area contributed by atoms with E-state index in [1.807, 2.05) is 64.6 Å². The van der Waals surface area contributed by atoms with Gasteiger partial charge in [0.05, 0.1) is 0 Å². The van der Waals surface area contributed by atoms with E-state index in [0.29, 0.717) is 43.5 Å². The maximum absolute atomic E-state index is 12.7. The summed E-state index contributed by atoms with van der Waals surface area (Å²) in [5, 5.41) is 11.4. The molecule has 146 valence electrons. The highest BCUT2D eigenvalue weighted by molar-refractivity contribution is 7.10. The number of anilines is 1. The van der Waals surface area contributed by atoms with Crippen LogP contribution in [-0.4, -0.2) is 42.0 Å². The Morgan fingerprint density at radius 2 is 2.03 bits per heavy atom. The molecule has 0 N–H and O–H groups in total. The van der Waals surface area contributed by atoms with Gasteiger partial charge in [-0.3, -0.25) is 4.79 Å². The molecule has 1 aliphatic heterocycles. The normalized spacial score (nSPS) is 14.3. The third kappa shape index (κ3) is 4.23.